The molecular formula is C25H31N3O. The molecule has 3 aromatic rings. The van der Waals surface area contributed by atoms with E-state index in [4.69, 9.17) is 0 Å². The monoisotopic (exact) mass is 389 g/mol. The normalized spacial score (nSPS) is 10.8. The minimum Gasteiger partial charge on any atom is -0.353 e. The van der Waals surface area contributed by atoms with Gasteiger partial charge in [-0.25, -0.2) is 0 Å². The third-order valence-corrected chi connectivity index (χ3v) is 5.33. The summed E-state index contributed by atoms with van der Waals surface area (Å²) in [6.07, 6.45) is 9.31. The molecule has 152 valence electrons. The zero-order valence-corrected chi connectivity index (χ0v) is 17.6. The van der Waals surface area contributed by atoms with E-state index in [2.05, 4.69) is 34.7 Å². The van der Waals surface area contributed by atoms with Crippen LogP contribution in [0.1, 0.15) is 53.5 Å². The van der Waals surface area contributed by atoms with E-state index in [1.165, 1.54) is 24.8 Å². The van der Waals surface area contributed by atoms with Gasteiger partial charge in [0.1, 0.15) is 0 Å². The summed E-state index contributed by atoms with van der Waals surface area (Å²) >= 11 is 0. The number of hydrogen-bond acceptors (Lipinski definition) is 2. The number of unbranched alkanes of at least 4 members (excludes halogenated alkanes) is 2. The second-order valence-corrected chi connectivity index (χ2v) is 7.56. The number of pyridine rings is 1. The number of rotatable bonds is 10. The van der Waals surface area contributed by atoms with Crippen LogP contribution in [0.4, 0.5) is 0 Å². The Balaban J connectivity index is 1.71. The topological polar surface area (TPSA) is 38.1 Å². The fourth-order valence-electron chi connectivity index (χ4n) is 3.48. The van der Waals surface area contributed by atoms with Gasteiger partial charge in [-0.3, -0.25) is 9.78 Å². The maximum Gasteiger partial charge on any atom is 0.254 e. The van der Waals surface area contributed by atoms with E-state index in [0.717, 1.165) is 29.8 Å². The average molecular weight is 390 g/mol. The first-order chi connectivity index (χ1) is 14.2. The SMILES string of the molecule is CCCCCc1ccc(C(=O)N(CCc2ccccn2)Cc2cccn2C)cc1. The first-order valence-corrected chi connectivity index (χ1v) is 10.6. The number of amides is 1. The number of benzene rings is 1. The fourth-order valence-corrected chi connectivity index (χ4v) is 3.48. The molecule has 0 bridgehead atoms. The third kappa shape index (κ3) is 6.05. The van der Waals surface area contributed by atoms with E-state index in [-0.39, 0.29) is 5.91 Å². The van der Waals surface area contributed by atoms with Crippen LogP contribution in [0.2, 0.25) is 0 Å². The predicted molar refractivity (Wildman–Crippen MR) is 118 cm³/mol. The van der Waals surface area contributed by atoms with Gasteiger partial charge in [0.25, 0.3) is 5.91 Å². The van der Waals surface area contributed by atoms with Gasteiger partial charge in [0, 0.05) is 49.4 Å². The quantitative estimate of drug-likeness (QED) is 0.456. The highest BCUT2D eigenvalue weighted by Crippen LogP contribution is 2.14. The van der Waals surface area contributed by atoms with Crippen molar-refractivity contribution in [3.63, 3.8) is 0 Å². The zero-order chi connectivity index (χ0) is 20.5. The summed E-state index contributed by atoms with van der Waals surface area (Å²) in [6.45, 7) is 3.45. The van der Waals surface area contributed by atoms with E-state index in [9.17, 15) is 4.79 Å². The molecule has 0 fully saturated rings. The minimum absolute atomic E-state index is 0.0715. The zero-order valence-electron chi connectivity index (χ0n) is 17.6. The van der Waals surface area contributed by atoms with Crippen LogP contribution in [0.25, 0.3) is 0 Å². The maximum atomic E-state index is 13.3. The maximum absolute atomic E-state index is 13.3. The number of aryl methyl sites for hydroxylation is 2. The molecule has 2 aromatic heterocycles. The van der Waals surface area contributed by atoms with Gasteiger partial charge in [-0.15, -0.1) is 0 Å². The van der Waals surface area contributed by atoms with Crippen molar-refractivity contribution in [2.24, 2.45) is 7.05 Å². The summed E-state index contributed by atoms with van der Waals surface area (Å²) in [5, 5.41) is 0. The highest BCUT2D eigenvalue weighted by molar-refractivity contribution is 5.94. The Morgan fingerprint density at radius 3 is 2.48 bits per heavy atom. The summed E-state index contributed by atoms with van der Waals surface area (Å²) < 4.78 is 2.07. The molecule has 0 atom stereocenters. The van der Waals surface area contributed by atoms with Crippen LogP contribution in [-0.2, 0) is 26.4 Å². The molecule has 0 aliphatic heterocycles. The standard InChI is InChI=1S/C25H31N3O/c1-3-4-5-9-21-12-14-22(15-13-21)25(29)28(20-24-11-8-18-27(24)2)19-16-23-10-6-7-17-26-23/h6-8,10-15,17-18H,3-5,9,16,19-20H2,1-2H3. The van der Waals surface area contributed by atoms with Crippen LogP contribution in [0, 0.1) is 0 Å². The van der Waals surface area contributed by atoms with Crippen molar-refractivity contribution in [1.82, 2.24) is 14.5 Å². The van der Waals surface area contributed by atoms with Gasteiger partial charge in [0.2, 0.25) is 0 Å². The molecule has 4 heteroatoms. The van der Waals surface area contributed by atoms with Gasteiger partial charge >= 0.3 is 0 Å². The Morgan fingerprint density at radius 2 is 1.83 bits per heavy atom. The van der Waals surface area contributed by atoms with Crippen molar-refractivity contribution in [1.29, 1.82) is 0 Å². The van der Waals surface area contributed by atoms with Crippen LogP contribution < -0.4 is 0 Å². The van der Waals surface area contributed by atoms with Gasteiger partial charge < -0.3 is 9.47 Å². The van der Waals surface area contributed by atoms with E-state index < -0.39 is 0 Å². The van der Waals surface area contributed by atoms with Crippen molar-refractivity contribution < 1.29 is 4.79 Å². The van der Waals surface area contributed by atoms with E-state index in [1.807, 2.05) is 54.5 Å². The fraction of sp³-hybridized carbons (Fsp3) is 0.360. The molecule has 0 N–H and O–H groups in total. The van der Waals surface area contributed by atoms with Gasteiger partial charge in [0.15, 0.2) is 0 Å². The van der Waals surface area contributed by atoms with Crippen molar-refractivity contribution in [2.75, 3.05) is 6.54 Å². The molecule has 29 heavy (non-hydrogen) atoms. The second-order valence-electron chi connectivity index (χ2n) is 7.56. The van der Waals surface area contributed by atoms with Gasteiger partial charge in [-0.1, -0.05) is 38.0 Å². The molecule has 0 aliphatic carbocycles. The van der Waals surface area contributed by atoms with Crippen LogP contribution in [0.3, 0.4) is 0 Å². The Hall–Kier alpha value is -2.88. The summed E-state index contributed by atoms with van der Waals surface area (Å²) in [6, 6.07) is 18.1. The molecule has 0 unspecified atom stereocenters. The molecule has 0 saturated carbocycles. The highest BCUT2D eigenvalue weighted by atomic mass is 16.2. The summed E-state index contributed by atoms with van der Waals surface area (Å²) in [4.78, 5) is 19.6. The molecule has 0 radical (unpaired) electrons. The van der Waals surface area contributed by atoms with Crippen LogP contribution in [0.15, 0.2) is 67.0 Å². The Bertz CT molecular complexity index is 884. The van der Waals surface area contributed by atoms with Crippen molar-refractivity contribution >= 4 is 5.91 Å². The van der Waals surface area contributed by atoms with Crippen LogP contribution >= 0.6 is 0 Å². The van der Waals surface area contributed by atoms with Gasteiger partial charge in [-0.05, 0) is 54.8 Å². The largest absolute Gasteiger partial charge is 0.353 e. The predicted octanol–water partition coefficient (Wildman–Crippen LogP) is 5.04. The molecule has 4 nitrogen and oxygen atoms in total. The Kier molecular flexibility index (Phi) is 7.62. The summed E-state index contributed by atoms with van der Waals surface area (Å²) in [5.74, 6) is 0.0715. The highest BCUT2D eigenvalue weighted by Gasteiger charge is 2.17. The van der Waals surface area contributed by atoms with Crippen LogP contribution in [-0.4, -0.2) is 26.9 Å². The Labute approximate surface area is 174 Å². The minimum atomic E-state index is 0.0715. The lowest BCUT2D eigenvalue weighted by Crippen LogP contribution is -2.33. The third-order valence-electron chi connectivity index (χ3n) is 5.33. The number of carbonyl (C=O) groups excluding carboxylic acids is 1. The lowest BCUT2D eigenvalue weighted by Gasteiger charge is -2.23. The molecular weight excluding hydrogens is 358 g/mol. The van der Waals surface area contributed by atoms with Crippen molar-refractivity contribution in [3.8, 4) is 0 Å². The summed E-state index contributed by atoms with van der Waals surface area (Å²) in [5.41, 5.74) is 4.18. The number of aromatic nitrogens is 2. The van der Waals surface area contributed by atoms with Gasteiger partial charge in [-0.2, -0.15) is 0 Å². The van der Waals surface area contributed by atoms with Gasteiger partial charge in [0.05, 0.1) is 6.54 Å². The molecule has 2 heterocycles. The number of hydrogen-bond donors (Lipinski definition) is 0. The van der Waals surface area contributed by atoms with E-state index >= 15 is 0 Å². The average Bonchev–Trinajstić information content (AvgIpc) is 3.16. The second kappa shape index (κ2) is 10.6. The molecule has 0 aliphatic rings. The first-order valence-electron chi connectivity index (χ1n) is 10.6. The molecule has 0 spiro atoms. The molecule has 3 rings (SSSR count). The Morgan fingerprint density at radius 1 is 1.00 bits per heavy atom. The lowest BCUT2D eigenvalue weighted by atomic mass is 10.0. The van der Waals surface area contributed by atoms with Crippen molar-refractivity contribution in [2.45, 2.75) is 45.6 Å². The molecule has 1 amide bonds. The number of carbonyl (C=O) groups is 1. The van der Waals surface area contributed by atoms with E-state index in [1.54, 1.807) is 6.20 Å². The molecule has 0 saturated heterocycles. The van der Waals surface area contributed by atoms with Crippen molar-refractivity contribution in [3.05, 3.63) is 89.5 Å². The molecule has 1 aromatic carbocycles. The van der Waals surface area contributed by atoms with Crippen LogP contribution in [0.5, 0.6) is 0 Å². The smallest absolute Gasteiger partial charge is 0.254 e. The van der Waals surface area contributed by atoms with E-state index in [0.29, 0.717) is 13.1 Å². The first kappa shape index (κ1) is 20.8. The lowest BCUT2D eigenvalue weighted by molar-refractivity contribution is 0.0741. The summed E-state index contributed by atoms with van der Waals surface area (Å²) in [7, 11) is 2.02. The number of nitrogens with zero attached hydrogens (tertiary/aromatic N) is 3.